The molecule has 2 amide bonds. The van der Waals surface area contributed by atoms with Gasteiger partial charge in [-0.15, -0.1) is 5.10 Å². The monoisotopic (exact) mass is 369 g/mol. The van der Waals surface area contributed by atoms with E-state index in [1.807, 2.05) is 0 Å². The van der Waals surface area contributed by atoms with Gasteiger partial charge in [-0.3, -0.25) is 4.79 Å². The normalized spacial score (nSPS) is 21.8. The highest BCUT2D eigenvalue weighted by Gasteiger charge is 2.33. The third-order valence-corrected chi connectivity index (χ3v) is 4.09. The minimum Gasteiger partial charge on any atom is -0.444 e. The van der Waals surface area contributed by atoms with Crippen molar-refractivity contribution < 1.29 is 14.3 Å². The van der Waals surface area contributed by atoms with Gasteiger partial charge in [-0.2, -0.15) is 5.53 Å². The SMILES string of the molecule is CC(C)(C)OC(=O)NC(CCCN)C(=O)NC1CCCC1C(N)=NN=N. The number of rotatable bonds is 8. The molecular formula is C16H31N7O3. The van der Waals surface area contributed by atoms with Crippen LogP contribution in [-0.4, -0.2) is 42.1 Å². The topological polar surface area (TPSA) is 168 Å². The van der Waals surface area contributed by atoms with Gasteiger partial charge in [-0.1, -0.05) is 11.6 Å². The van der Waals surface area contributed by atoms with Crippen molar-refractivity contribution in [3.8, 4) is 0 Å². The van der Waals surface area contributed by atoms with E-state index < -0.39 is 17.7 Å². The molecular weight excluding hydrogens is 338 g/mol. The third kappa shape index (κ3) is 7.34. The third-order valence-electron chi connectivity index (χ3n) is 4.09. The molecule has 0 bridgehead atoms. The van der Waals surface area contributed by atoms with E-state index in [1.54, 1.807) is 20.8 Å². The molecule has 1 aliphatic rings. The van der Waals surface area contributed by atoms with Gasteiger partial charge < -0.3 is 26.8 Å². The Morgan fingerprint density at radius 3 is 2.62 bits per heavy atom. The number of hydrogen-bond donors (Lipinski definition) is 5. The molecule has 148 valence electrons. The summed E-state index contributed by atoms with van der Waals surface area (Å²) in [6.07, 6.45) is 2.75. The van der Waals surface area contributed by atoms with Crippen molar-refractivity contribution in [2.45, 2.75) is 70.6 Å². The molecule has 0 aromatic heterocycles. The summed E-state index contributed by atoms with van der Waals surface area (Å²) in [5, 5.41) is 12.1. The molecule has 0 heterocycles. The average molecular weight is 369 g/mol. The summed E-state index contributed by atoms with van der Waals surface area (Å²) < 4.78 is 5.23. The van der Waals surface area contributed by atoms with Gasteiger partial charge >= 0.3 is 6.09 Å². The highest BCUT2D eigenvalue weighted by atomic mass is 16.6. The number of carbonyl (C=O) groups excluding carboxylic acids is 2. The van der Waals surface area contributed by atoms with Gasteiger partial charge in [0.15, 0.2) is 0 Å². The Bertz CT molecular complexity index is 530. The van der Waals surface area contributed by atoms with E-state index >= 15 is 0 Å². The van der Waals surface area contributed by atoms with Gasteiger partial charge in [0.25, 0.3) is 0 Å². The maximum absolute atomic E-state index is 12.7. The van der Waals surface area contributed by atoms with Gasteiger partial charge in [0.1, 0.15) is 17.5 Å². The van der Waals surface area contributed by atoms with E-state index in [2.05, 4.69) is 21.0 Å². The summed E-state index contributed by atoms with van der Waals surface area (Å²) in [6.45, 7) is 5.68. The fraction of sp³-hybridized carbons (Fsp3) is 0.812. The van der Waals surface area contributed by atoms with Crippen molar-refractivity contribution in [3.63, 3.8) is 0 Å². The molecule has 0 saturated heterocycles. The number of ether oxygens (including phenoxy) is 1. The predicted molar refractivity (Wildman–Crippen MR) is 97.5 cm³/mol. The molecule has 1 aliphatic carbocycles. The van der Waals surface area contributed by atoms with E-state index in [0.717, 1.165) is 19.3 Å². The van der Waals surface area contributed by atoms with Crippen LogP contribution in [0, 0.1) is 11.4 Å². The van der Waals surface area contributed by atoms with Crippen molar-refractivity contribution in [2.75, 3.05) is 6.54 Å². The molecule has 10 heteroatoms. The van der Waals surface area contributed by atoms with E-state index in [1.165, 1.54) is 0 Å². The van der Waals surface area contributed by atoms with Gasteiger partial charge in [0, 0.05) is 12.0 Å². The lowest BCUT2D eigenvalue weighted by molar-refractivity contribution is -0.124. The lowest BCUT2D eigenvalue weighted by atomic mass is 10.0. The Balaban J connectivity index is 2.74. The fourth-order valence-corrected chi connectivity index (χ4v) is 2.94. The molecule has 0 spiro atoms. The first-order chi connectivity index (χ1) is 12.2. The highest BCUT2D eigenvalue weighted by molar-refractivity contribution is 5.88. The summed E-state index contributed by atoms with van der Waals surface area (Å²) in [6, 6.07) is -0.942. The Morgan fingerprint density at radius 2 is 2.04 bits per heavy atom. The molecule has 0 aliphatic heterocycles. The average Bonchev–Trinajstić information content (AvgIpc) is 2.98. The highest BCUT2D eigenvalue weighted by Crippen LogP contribution is 2.26. The standard InChI is InChI=1S/C16H31N7O3/c1-16(2,3)26-15(25)21-12(8-5-9-17)14(24)20-11-7-4-6-10(11)13(18)22-23-19/h10-12H,4-9,17H2,1-3H3,(H,20,24)(H,21,25)(H3,18,19,22). The summed E-state index contributed by atoms with van der Waals surface area (Å²) in [4.78, 5) is 24.7. The van der Waals surface area contributed by atoms with E-state index in [4.69, 9.17) is 21.7 Å². The first-order valence-electron chi connectivity index (χ1n) is 8.87. The second-order valence-corrected chi connectivity index (χ2v) is 7.41. The summed E-state index contributed by atoms with van der Waals surface area (Å²) in [5.74, 6) is -0.233. The van der Waals surface area contributed by atoms with Gasteiger partial charge in [-0.25, -0.2) is 4.79 Å². The van der Waals surface area contributed by atoms with Crippen LogP contribution in [0.4, 0.5) is 4.79 Å². The molecule has 3 unspecified atom stereocenters. The van der Waals surface area contributed by atoms with E-state index in [0.29, 0.717) is 19.4 Å². The molecule has 3 atom stereocenters. The van der Waals surface area contributed by atoms with Crippen LogP contribution in [0.1, 0.15) is 52.9 Å². The van der Waals surface area contributed by atoms with Crippen molar-refractivity contribution in [1.82, 2.24) is 10.6 Å². The maximum Gasteiger partial charge on any atom is 0.408 e. The van der Waals surface area contributed by atoms with Crippen molar-refractivity contribution in [1.29, 1.82) is 5.53 Å². The zero-order chi connectivity index (χ0) is 19.7. The van der Waals surface area contributed by atoms with Crippen LogP contribution in [0.3, 0.4) is 0 Å². The Morgan fingerprint density at radius 1 is 1.35 bits per heavy atom. The molecule has 1 saturated carbocycles. The first-order valence-corrected chi connectivity index (χ1v) is 8.87. The Kier molecular flexibility index (Phi) is 8.43. The van der Waals surface area contributed by atoms with Crippen LogP contribution < -0.4 is 22.1 Å². The van der Waals surface area contributed by atoms with Crippen LogP contribution in [0.5, 0.6) is 0 Å². The molecule has 7 N–H and O–H groups in total. The van der Waals surface area contributed by atoms with Crippen LogP contribution in [0.15, 0.2) is 10.3 Å². The first kappa shape index (κ1) is 21.8. The number of amides is 2. The molecule has 0 aromatic carbocycles. The number of amidine groups is 1. The molecule has 0 aromatic rings. The Hall–Kier alpha value is -2.23. The minimum absolute atomic E-state index is 0.162. The van der Waals surface area contributed by atoms with Crippen molar-refractivity contribution >= 4 is 17.8 Å². The van der Waals surface area contributed by atoms with Gasteiger partial charge in [0.2, 0.25) is 5.91 Å². The quantitative estimate of drug-likeness (QED) is 0.187. The molecule has 10 nitrogen and oxygen atoms in total. The van der Waals surface area contributed by atoms with Crippen LogP contribution in [0.2, 0.25) is 0 Å². The Labute approximate surface area is 154 Å². The number of carbonyl (C=O) groups is 2. The lowest BCUT2D eigenvalue weighted by Crippen LogP contribution is -2.52. The van der Waals surface area contributed by atoms with Gasteiger partial charge in [-0.05, 0) is 53.0 Å². The van der Waals surface area contributed by atoms with E-state index in [-0.39, 0.29) is 23.7 Å². The lowest BCUT2D eigenvalue weighted by Gasteiger charge is -2.26. The summed E-state index contributed by atoms with van der Waals surface area (Å²) in [5.41, 5.74) is 17.5. The van der Waals surface area contributed by atoms with Crippen molar-refractivity contribution in [3.05, 3.63) is 0 Å². The number of nitrogens with zero attached hydrogens (tertiary/aromatic N) is 2. The van der Waals surface area contributed by atoms with Crippen molar-refractivity contribution in [2.24, 2.45) is 27.7 Å². The number of nitrogens with one attached hydrogen (secondary N) is 3. The maximum atomic E-state index is 12.7. The molecule has 0 radical (unpaired) electrons. The predicted octanol–water partition coefficient (Wildman–Crippen LogP) is 1.21. The van der Waals surface area contributed by atoms with Crippen LogP contribution >= 0.6 is 0 Å². The second kappa shape index (κ2) is 10.0. The minimum atomic E-state index is -0.742. The van der Waals surface area contributed by atoms with Crippen LogP contribution in [-0.2, 0) is 9.53 Å². The largest absolute Gasteiger partial charge is 0.444 e. The number of alkyl carbamates (subject to hydrolysis) is 1. The molecule has 1 fully saturated rings. The molecule has 26 heavy (non-hydrogen) atoms. The number of hydrogen-bond acceptors (Lipinski definition) is 6. The zero-order valence-corrected chi connectivity index (χ0v) is 15.7. The van der Waals surface area contributed by atoms with Gasteiger partial charge in [0.05, 0.1) is 0 Å². The summed E-state index contributed by atoms with van der Waals surface area (Å²) in [7, 11) is 0. The zero-order valence-electron chi connectivity index (χ0n) is 15.7. The summed E-state index contributed by atoms with van der Waals surface area (Å²) >= 11 is 0. The fourth-order valence-electron chi connectivity index (χ4n) is 2.94. The smallest absolute Gasteiger partial charge is 0.408 e. The van der Waals surface area contributed by atoms with E-state index in [9.17, 15) is 9.59 Å². The van der Waals surface area contributed by atoms with Crippen LogP contribution in [0.25, 0.3) is 0 Å². The molecule has 1 rings (SSSR count). The second-order valence-electron chi connectivity index (χ2n) is 7.41. The number of nitrogens with two attached hydrogens (primary N) is 2.